The molecule has 1 heterocycles. The second-order valence-electron chi connectivity index (χ2n) is 5.74. The Kier molecular flexibility index (Phi) is 6.27. The van der Waals surface area contributed by atoms with Gasteiger partial charge in [-0.25, -0.2) is 9.59 Å². The average Bonchev–Trinajstić information content (AvgIpc) is 2.54. The first kappa shape index (κ1) is 19.4. The van der Waals surface area contributed by atoms with E-state index in [1.165, 1.54) is 38.0 Å². The minimum Gasteiger partial charge on any atom is -0.467 e. The molecule has 8 nitrogen and oxygen atoms in total. The number of nitrogens with one attached hydrogen (secondary N) is 1. The highest BCUT2D eigenvalue weighted by atomic mass is 16.5. The Morgan fingerprint density at radius 3 is 2.50 bits per heavy atom. The van der Waals surface area contributed by atoms with Crippen LogP contribution < -0.4 is 16.6 Å². The Morgan fingerprint density at radius 2 is 1.96 bits per heavy atom. The van der Waals surface area contributed by atoms with Crippen molar-refractivity contribution in [1.29, 1.82) is 0 Å². The van der Waals surface area contributed by atoms with Gasteiger partial charge in [-0.15, -0.1) is 0 Å². The van der Waals surface area contributed by atoms with E-state index < -0.39 is 28.7 Å². The zero-order valence-corrected chi connectivity index (χ0v) is 14.6. The van der Waals surface area contributed by atoms with Crippen molar-refractivity contribution in [3.8, 4) is 0 Å². The maximum Gasteiger partial charge on any atom is 0.331 e. The van der Waals surface area contributed by atoms with Gasteiger partial charge in [0.15, 0.2) is 0 Å². The highest BCUT2D eigenvalue weighted by molar-refractivity contribution is 5.95. The number of hydrogen-bond donors (Lipinski definition) is 1. The molecule has 0 aliphatic rings. The van der Waals surface area contributed by atoms with E-state index in [-0.39, 0.29) is 5.56 Å². The lowest BCUT2D eigenvalue weighted by Crippen LogP contribution is -2.52. The third-order valence-corrected chi connectivity index (χ3v) is 3.67. The first-order valence-electron chi connectivity index (χ1n) is 7.51. The van der Waals surface area contributed by atoms with E-state index in [0.717, 1.165) is 10.6 Å². The third-order valence-electron chi connectivity index (χ3n) is 3.67. The van der Waals surface area contributed by atoms with Crippen LogP contribution in [0.2, 0.25) is 0 Å². The van der Waals surface area contributed by atoms with E-state index >= 15 is 0 Å². The number of methoxy groups -OCH3 is 1. The lowest BCUT2D eigenvalue weighted by molar-refractivity contribution is -0.150. The molecule has 0 spiro atoms. The molecule has 1 aromatic heterocycles. The summed E-state index contributed by atoms with van der Waals surface area (Å²) >= 11 is 0. The molecule has 0 aliphatic carbocycles. The highest BCUT2D eigenvalue weighted by Crippen LogP contribution is 2.14. The minimum atomic E-state index is -1.14. The molecule has 1 rings (SSSR count). The van der Waals surface area contributed by atoms with Gasteiger partial charge >= 0.3 is 11.7 Å². The van der Waals surface area contributed by atoms with Crippen LogP contribution in [0.3, 0.4) is 0 Å². The summed E-state index contributed by atoms with van der Waals surface area (Å²) in [6.07, 6.45) is 4.90. The molecule has 0 radical (unpaired) electrons. The second-order valence-corrected chi connectivity index (χ2v) is 5.74. The van der Waals surface area contributed by atoms with Crippen LogP contribution in [0, 0.1) is 0 Å². The monoisotopic (exact) mass is 337 g/mol. The summed E-state index contributed by atoms with van der Waals surface area (Å²) in [6.45, 7) is 3.47. The zero-order valence-electron chi connectivity index (χ0n) is 14.6. The minimum absolute atomic E-state index is 0.185. The molecular formula is C16H23N3O5. The molecule has 0 saturated carbocycles. The molecule has 132 valence electrons. The molecule has 24 heavy (non-hydrogen) atoms. The molecule has 1 N–H and O–H groups in total. The van der Waals surface area contributed by atoms with Crippen molar-refractivity contribution >= 4 is 18.0 Å². The average molecular weight is 337 g/mol. The number of aryl methyl sites for hydroxylation is 1. The summed E-state index contributed by atoms with van der Waals surface area (Å²) in [4.78, 5) is 47.6. The fourth-order valence-corrected chi connectivity index (χ4v) is 2.37. The smallest absolute Gasteiger partial charge is 0.331 e. The van der Waals surface area contributed by atoms with E-state index in [0.29, 0.717) is 12.8 Å². The number of esters is 1. The molecule has 1 atom stereocenters. The van der Waals surface area contributed by atoms with Gasteiger partial charge in [0.05, 0.1) is 12.7 Å². The van der Waals surface area contributed by atoms with Crippen LogP contribution in [0.15, 0.2) is 21.9 Å². The summed E-state index contributed by atoms with van der Waals surface area (Å²) in [5.74, 6) is -1.07. The fraction of sp³-hybridized carbons (Fsp3) is 0.500. The summed E-state index contributed by atoms with van der Waals surface area (Å²) in [7, 11) is 4.12. The SMILES string of the molecule is CCCC(C)(NC(=O)/C=C/c1cn(C)c(=O)n(C)c1=O)C(=O)OC. The van der Waals surface area contributed by atoms with Crippen LogP contribution >= 0.6 is 0 Å². The molecule has 0 aromatic carbocycles. The van der Waals surface area contributed by atoms with Gasteiger partial charge < -0.3 is 14.6 Å². The molecule has 1 aromatic rings. The second kappa shape index (κ2) is 7.76. The van der Waals surface area contributed by atoms with Gasteiger partial charge in [-0.05, 0) is 19.4 Å². The standard InChI is InChI=1S/C16H23N3O5/c1-6-9-16(2,14(22)24-5)17-12(20)8-7-11-10-18(3)15(23)19(4)13(11)21/h7-8,10H,6,9H2,1-5H3,(H,17,20)/b8-7+. The fourth-order valence-electron chi connectivity index (χ4n) is 2.37. The predicted molar refractivity (Wildman–Crippen MR) is 89.4 cm³/mol. The molecule has 0 saturated heterocycles. The van der Waals surface area contributed by atoms with Crippen molar-refractivity contribution in [2.75, 3.05) is 7.11 Å². The van der Waals surface area contributed by atoms with Gasteiger partial charge in [0.1, 0.15) is 5.54 Å². The number of rotatable bonds is 6. The molecule has 0 bridgehead atoms. The number of nitrogens with zero attached hydrogens (tertiary/aromatic N) is 2. The summed E-state index contributed by atoms with van der Waals surface area (Å²) in [5, 5.41) is 2.60. The van der Waals surface area contributed by atoms with Gasteiger partial charge in [-0.3, -0.25) is 14.2 Å². The van der Waals surface area contributed by atoms with Crippen molar-refractivity contribution in [1.82, 2.24) is 14.5 Å². The Labute approximate surface area is 139 Å². The van der Waals surface area contributed by atoms with E-state index in [9.17, 15) is 19.2 Å². The molecule has 8 heteroatoms. The summed E-state index contributed by atoms with van der Waals surface area (Å²) in [6, 6.07) is 0. The molecule has 0 aliphatic heterocycles. The van der Waals surface area contributed by atoms with Crippen molar-refractivity contribution < 1.29 is 14.3 Å². The molecule has 1 unspecified atom stereocenters. The van der Waals surface area contributed by atoms with Crippen LogP contribution in [0.1, 0.15) is 32.3 Å². The predicted octanol–water partition coefficient (Wildman–Crippen LogP) is -0.0548. The number of carbonyl (C=O) groups excluding carboxylic acids is 2. The quantitative estimate of drug-likeness (QED) is 0.579. The van der Waals surface area contributed by atoms with Crippen molar-refractivity contribution in [2.45, 2.75) is 32.2 Å². The lowest BCUT2D eigenvalue weighted by atomic mass is 9.96. The molecular weight excluding hydrogens is 314 g/mol. The molecule has 0 fully saturated rings. The van der Waals surface area contributed by atoms with Crippen molar-refractivity contribution in [3.63, 3.8) is 0 Å². The number of aromatic nitrogens is 2. The normalized spacial score (nSPS) is 13.5. The van der Waals surface area contributed by atoms with Crippen LogP contribution in [0.25, 0.3) is 6.08 Å². The first-order chi connectivity index (χ1) is 11.2. The van der Waals surface area contributed by atoms with Gasteiger partial charge in [-0.1, -0.05) is 13.3 Å². The largest absolute Gasteiger partial charge is 0.467 e. The lowest BCUT2D eigenvalue weighted by Gasteiger charge is -2.26. The van der Waals surface area contributed by atoms with Crippen LogP contribution in [-0.2, 0) is 28.4 Å². The Hall–Kier alpha value is -2.64. The van der Waals surface area contributed by atoms with E-state index in [2.05, 4.69) is 5.32 Å². The topological polar surface area (TPSA) is 99.4 Å². The van der Waals surface area contributed by atoms with Gasteiger partial charge in [0, 0.05) is 26.4 Å². The van der Waals surface area contributed by atoms with Crippen molar-refractivity contribution in [2.24, 2.45) is 14.1 Å². The number of carbonyl (C=O) groups is 2. The third kappa shape index (κ3) is 4.21. The summed E-state index contributed by atoms with van der Waals surface area (Å²) in [5.41, 5.74) is -1.92. The molecule has 1 amide bonds. The van der Waals surface area contributed by atoms with Crippen LogP contribution in [0.4, 0.5) is 0 Å². The Balaban J connectivity index is 3.03. The zero-order chi connectivity index (χ0) is 18.5. The van der Waals surface area contributed by atoms with Crippen LogP contribution in [-0.4, -0.2) is 33.7 Å². The number of hydrogen-bond acceptors (Lipinski definition) is 5. The van der Waals surface area contributed by atoms with E-state index in [1.54, 1.807) is 6.92 Å². The van der Waals surface area contributed by atoms with Gasteiger partial charge in [0.25, 0.3) is 5.56 Å². The van der Waals surface area contributed by atoms with Gasteiger partial charge in [-0.2, -0.15) is 0 Å². The maximum atomic E-state index is 12.1. The highest BCUT2D eigenvalue weighted by Gasteiger charge is 2.34. The number of ether oxygens (including phenoxy) is 1. The Morgan fingerprint density at radius 1 is 1.33 bits per heavy atom. The van der Waals surface area contributed by atoms with Gasteiger partial charge in [0.2, 0.25) is 5.91 Å². The van der Waals surface area contributed by atoms with E-state index in [4.69, 9.17) is 4.74 Å². The van der Waals surface area contributed by atoms with E-state index in [1.807, 2.05) is 6.92 Å². The summed E-state index contributed by atoms with van der Waals surface area (Å²) < 4.78 is 6.92. The number of amides is 1. The maximum absolute atomic E-state index is 12.1. The Bertz CT molecular complexity index is 775. The van der Waals surface area contributed by atoms with Crippen molar-refractivity contribution in [3.05, 3.63) is 38.7 Å². The van der Waals surface area contributed by atoms with Crippen LogP contribution in [0.5, 0.6) is 0 Å². The first-order valence-corrected chi connectivity index (χ1v) is 7.51.